The van der Waals surface area contributed by atoms with Crippen LogP contribution in [0.3, 0.4) is 0 Å². The number of fused-ring (bicyclic) bond motifs is 1. The molecule has 0 atom stereocenters. The summed E-state index contributed by atoms with van der Waals surface area (Å²) in [4.78, 5) is 7.18. The maximum absolute atomic E-state index is 5.46. The first-order valence-corrected chi connectivity index (χ1v) is 3.52. The molecule has 11 heavy (non-hydrogen) atoms. The quantitative estimate of drug-likeness (QED) is 0.632. The molecule has 0 amide bonds. The van der Waals surface area contributed by atoms with Crippen LogP contribution in [0.5, 0.6) is 0 Å². The lowest BCUT2D eigenvalue weighted by molar-refractivity contribution is 1.02. The average molecular weight is 147 g/mol. The molecular weight excluding hydrogens is 138 g/mol. The van der Waals surface area contributed by atoms with Crippen molar-refractivity contribution in [2.24, 2.45) is 5.73 Å². The highest BCUT2D eigenvalue weighted by Gasteiger charge is 1.96. The van der Waals surface area contributed by atoms with E-state index in [0.29, 0.717) is 6.54 Å². The number of rotatable bonds is 1. The molecule has 2 aromatic heterocycles. The molecule has 0 bridgehead atoms. The molecule has 0 radical (unpaired) electrons. The third-order valence-electron chi connectivity index (χ3n) is 1.70. The van der Waals surface area contributed by atoms with Crippen molar-refractivity contribution >= 4 is 10.9 Å². The summed E-state index contributed by atoms with van der Waals surface area (Å²) in [6.45, 7) is 0.550. The average Bonchev–Trinajstić information content (AvgIpc) is 2.46. The van der Waals surface area contributed by atoms with Crippen molar-refractivity contribution in [3.8, 4) is 0 Å². The van der Waals surface area contributed by atoms with Crippen molar-refractivity contribution in [3.05, 3.63) is 30.2 Å². The second-order valence-corrected chi connectivity index (χ2v) is 2.46. The van der Waals surface area contributed by atoms with E-state index in [1.165, 1.54) is 0 Å². The molecule has 0 saturated heterocycles. The molecule has 56 valence electrons. The fourth-order valence-electron chi connectivity index (χ4n) is 1.14. The predicted octanol–water partition coefficient (Wildman–Crippen LogP) is 1.02. The van der Waals surface area contributed by atoms with Gasteiger partial charge in [0.15, 0.2) is 0 Å². The van der Waals surface area contributed by atoms with Gasteiger partial charge in [0.05, 0.1) is 0 Å². The van der Waals surface area contributed by atoms with Gasteiger partial charge in [-0.3, -0.25) is 4.98 Å². The van der Waals surface area contributed by atoms with E-state index in [1.807, 2.05) is 18.3 Å². The van der Waals surface area contributed by atoms with Crippen LogP contribution in [0.2, 0.25) is 0 Å². The number of nitrogens with one attached hydrogen (secondary N) is 1. The van der Waals surface area contributed by atoms with E-state index in [4.69, 9.17) is 5.73 Å². The monoisotopic (exact) mass is 147 g/mol. The first-order valence-electron chi connectivity index (χ1n) is 3.52. The Bertz CT molecular complexity index is 331. The zero-order valence-corrected chi connectivity index (χ0v) is 6.04. The van der Waals surface area contributed by atoms with E-state index in [9.17, 15) is 0 Å². The van der Waals surface area contributed by atoms with Gasteiger partial charge in [0, 0.05) is 35.5 Å². The second-order valence-electron chi connectivity index (χ2n) is 2.46. The van der Waals surface area contributed by atoms with E-state index in [1.54, 1.807) is 6.20 Å². The lowest BCUT2D eigenvalue weighted by Crippen LogP contribution is -1.94. The van der Waals surface area contributed by atoms with Crippen molar-refractivity contribution < 1.29 is 0 Å². The molecule has 0 fully saturated rings. The van der Waals surface area contributed by atoms with Crippen LogP contribution in [0.15, 0.2) is 24.5 Å². The van der Waals surface area contributed by atoms with Crippen molar-refractivity contribution in [1.82, 2.24) is 9.97 Å². The molecule has 2 heterocycles. The van der Waals surface area contributed by atoms with Gasteiger partial charge in [0.1, 0.15) is 0 Å². The third-order valence-corrected chi connectivity index (χ3v) is 1.70. The Hall–Kier alpha value is -1.35. The van der Waals surface area contributed by atoms with Crippen molar-refractivity contribution in [2.75, 3.05) is 0 Å². The lowest BCUT2D eigenvalue weighted by atomic mass is 10.3. The summed E-state index contributed by atoms with van der Waals surface area (Å²) >= 11 is 0. The largest absolute Gasteiger partial charge is 0.357 e. The van der Waals surface area contributed by atoms with Gasteiger partial charge in [-0.2, -0.15) is 0 Å². The highest BCUT2D eigenvalue weighted by Crippen LogP contribution is 2.12. The van der Waals surface area contributed by atoms with Gasteiger partial charge in [-0.1, -0.05) is 0 Å². The maximum atomic E-state index is 5.46. The van der Waals surface area contributed by atoms with Gasteiger partial charge in [-0.25, -0.2) is 0 Å². The lowest BCUT2D eigenvalue weighted by Gasteiger charge is -1.85. The molecule has 3 heteroatoms. The Morgan fingerprint density at radius 3 is 3.18 bits per heavy atom. The van der Waals surface area contributed by atoms with E-state index >= 15 is 0 Å². The van der Waals surface area contributed by atoms with E-state index < -0.39 is 0 Å². The standard InChI is InChI=1S/C8H9N3/c9-4-7-3-6-5-10-2-1-8(6)11-7/h1-3,5,11H,4,9H2. The summed E-state index contributed by atoms with van der Waals surface area (Å²) in [5, 5.41) is 1.12. The molecular formula is C8H9N3. The summed E-state index contributed by atoms with van der Waals surface area (Å²) < 4.78 is 0. The van der Waals surface area contributed by atoms with Crippen LogP contribution in [-0.2, 0) is 6.54 Å². The highest BCUT2D eigenvalue weighted by molar-refractivity contribution is 5.78. The Morgan fingerprint density at radius 2 is 2.45 bits per heavy atom. The number of hydrogen-bond acceptors (Lipinski definition) is 2. The van der Waals surface area contributed by atoms with E-state index in [2.05, 4.69) is 9.97 Å². The Balaban J connectivity index is 2.69. The third kappa shape index (κ3) is 0.991. The fraction of sp³-hybridized carbons (Fsp3) is 0.125. The highest BCUT2D eigenvalue weighted by atomic mass is 14.8. The summed E-state index contributed by atoms with van der Waals surface area (Å²) in [5.74, 6) is 0. The van der Waals surface area contributed by atoms with Gasteiger partial charge < -0.3 is 10.7 Å². The number of nitrogens with zero attached hydrogens (tertiary/aromatic N) is 1. The van der Waals surface area contributed by atoms with Gasteiger partial charge >= 0.3 is 0 Å². The predicted molar refractivity (Wildman–Crippen MR) is 44.0 cm³/mol. The van der Waals surface area contributed by atoms with Gasteiger partial charge in [-0.05, 0) is 12.1 Å². The molecule has 2 rings (SSSR count). The number of hydrogen-bond donors (Lipinski definition) is 2. The summed E-state index contributed by atoms with van der Waals surface area (Å²) in [6.07, 6.45) is 3.59. The van der Waals surface area contributed by atoms with Crippen molar-refractivity contribution in [3.63, 3.8) is 0 Å². The molecule has 0 aliphatic heterocycles. The summed E-state index contributed by atoms with van der Waals surface area (Å²) in [5.41, 5.74) is 7.61. The van der Waals surface area contributed by atoms with Gasteiger partial charge in [-0.15, -0.1) is 0 Å². The van der Waals surface area contributed by atoms with Crippen LogP contribution in [0.25, 0.3) is 10.9 Å². The van der Waals surface area contributed by atoms with Crippen LogP contribution in [-0.4, -0.2) is 9.97 Å². The van der Waals surface area contributed by atoms with Gasteiger partial charge in [0.25, 0.3) is 0 Å². The zero-order valence-electron chi connectivity index (χ0n) is 6.04. The van der Waals surface area contributed by atoms with Crippen molar-refractivity contribution in [1.29, 1.82) is 0 Å². The number of nitrogens with two attached hydrogens (primary N) is 1. The molecule has 0 saturated carbocycles. The topological polar surface area (TPSA) is 54.7 Å². The fourth-order valence-corrected chi connectivity index (χ4v) is 1.14. The second kappa shape index (κ2) is 2.36. The SMILES string of the molecule is NCc1cc2cnccc2[nH]1. The van der Waals surface area contributed by atoms with E-state index in [0.717, 1.165) is 16.6 Å². The minimum atomic E-state index is 0.550. The summed E-state index contributed by atoms with van der Waals surface area (Å²) in [6, 6.07) is 3.96. The first kappa shape index (κ1) is 6.37. The smallest absolute Gasteiger partial charge is 0.0487 e. The Kier molecular flexibility index (Phi) is 1.36. The van der Waals surface area contributed by atoms with Crippen LogP contribution in [0.4, 0.5) is 0 Å². The van der Waals surface area contributed by atoms with Crippen LogP contribution in [0.1, 0.15) is 5.69 Å². The zero-order chi connectivity index (χ0) is 7.68. The molecule has 3 nitrogen and oxygen atoms in total. The molecule has 0 aromatic carbocycles. The molecule has 2 aromatic rings. The minimum Gasteiger partial charge on any atom is -0.357 e. The van der Waals surface area contributed by atoms with Gasteiger partial charge in [0.2, 0.25) is 0 Å². The molecule has 0 spiro atoms. The number of aromatic amines is 1. The van der Waals surface area contributed by atoms with E-state index in [-0.39, 0.29) is 0 Å². The molecule has 0 aliphatic rings. The Labute approximate surface area is 64.2 Å². The van der Waals surface area contributed by atoms with Crippen LogP contribution >= 0.6 is 0 Å². The van der Waals surface area contributed by atoms with Crippen LogP contribution < -0.4 is 5.73 Å². The molecule has 3 N–H and O–H groups in total. The minimum absolute atomic E-state index is 0.550. The molecule has 0 aliphatic carbocycles. The normalized spacial score (nSPS) is 10.6. The first-order chi connectivity index (χ1) is 5.40. The van der Waals surface area contributed by atoms with Crippen molar-refractivity contribution in [2.45, 2.75) is 6.54 Å². The number of aromatic nitrogens is 2. The summed E-state index contributed by atoms with van der Waals surface area (Å²) in [7, 11) is 0. The molecule has 0 unspecified atom stereocenters. The number of pyridine rings is 1. The number of H-pyrrole nitrogens is 1. The van der Waals surface area contributed by atoms with Crippen LogP contribution in [0, 0.1) is 0 Å². The maximum Gasteiger partial charge on any atom is 0.0487 e. The Morgan fingerprint density at radius 1 is 1.55 bits per heavy atom.